The first-order valence-electron chi connectivity index (χ1n) is 37.0. The van der Waals surface area contributed by atoms with E-state index >= 15 is 38.4 Å². The maximum Gasteiger partial charge on any atom is 0.311 e. The number of rotatable bonds is 12. The van der Waals surface area contributed by atoms with E-state index in [4.69, 9.17) is 4.74 Å². The molecule has 0 spiro atoms. The van der Waals surface area contributed by atoms with Crippen molar-refractivity contribution in [1.82, 2.24) is 60.5 Å². The van der Waals surface area contributed by atoms with E-state index in [-0.39, 0.29) is 51.7 Å². The zero-order valence-electron chi connectivity index (χ0n) is 64.5. The number of hydrogen-bond donors (Lipinski definition) is 4. The molecule has 4 saturated heterocycles. The molecule has 0 saturated carbocycles. The number of ether oxygens (including phenoxy) is 1. The average molecular weight is 1420 g/mol. The van der Waals surface area contributed by atoms with Crippen LogP contribution in [0.5, 0.6) is 0 Å². The number of benzene rings is 1. The molecule has 5 rings (SSSR count). The van der Waals surface area contributed by atoms with Crippen molar-refractivity contribution in [3.05, 3.63) is 35.9 Å². The zero-order valence-corrected chi connectivity index (χ0v) is 64.5. The van der Waals surface area contributed by atoms with Gasteiger partial charge in [0.15, 0.2) is 6.10 Å². The minimum absolute atomic E-state index is 0.0491. The molecule has 15 atom stereocenters. The molecule has 0 bridgehead atoms. The highest BCUT2D eigenvalue weighted by molar-refractivity contribution is 6.00. The molecule has 4 N–H and O–H groups in total. The van der Waals surface area contributed by atoms with Gasteiger partial charge in [-0.15, -0.1) is 0 Å². The van der Waals surface area contributed by atoms with E-state index in [1.165, 1.54) is 81.4 Å². The van der Waals surface area contributed by atoms with Gasteiger partial charge in [-0.05, 0) is 106 Å². The van der Waals surface area contributed by atoms with Gasteiger partial charge in [-0.1, -0.05) is 147 Å². The van der Waals surface area contributed by atoms with E-state index in [0.29, 0.717) is 32.1 Å². The number of nitrogens with zero attached hydrogens (tertiary/aromatic N) is 8. The lowest BCUT2D eigenvalue weighted by molar-refractivity contribution is -0.163. The summed E-state index contributed by atoms with van der Waals surface area (Å²) >= 11 is 0. The van der Waals surface area contributed by atoms with Crippen LogP contribution in [0.15, 0.2) is 30.3 Å². The first-order valence-corrected chi connectivity index (χ1v) is 37.0. The van der Waals surface area contributed by atoms with Crippen LogP contribution in [0.25, 0.3) is 0 Å². The van der Waals surface area contributed by atoms with Gasteiger partial charge < -0.3 is 65.2 Å². The predicted molar refractivity (Wildman–Crippen MR) is 383 cm³/mol. The summed E-state index contributed by atoms with van der Waals surface area (Å²) in [5.41, 5.74) is 0.722. The first kappa shape index (κ1) is 84.0. The van der Waals surface area contributed by atoms with Gasteiger partial charge in [-0.25, -0.2) is 0 Å². The Morgan fingerprint density at radius 2 is 0.842 bits per heavy atom. The lowest BCUT2D eigenvalue weighted by Crippen LogP contribution is -2.63. The van der Waals surface area contributed by atoms with Crippen LogP contribution in [-0.4, -0.2) is 250 Å². The van der Waals surface area contributed by atoms with Gasteiger partial charge in [0.1, 0.15) is 66.5 Å². The summed E-state index contributed by atoms with van der Waals surface area (Å²) in [5, 5.41) is 11.5. The number of nitrogens with one attached hydrogen (secondary N) is 4. The molecule has 6 unspecified atom stereocenters. The Labute approximate surface area is 600 Å². The van der Waals surface area contributed by atoms with E-state index in [1.54, 1.807) is 90.0 Å². The number of cyclic esters (lactones) is 1. The number of likely N-dealkylation sites (N-methyl/N-ethyl adjacent to an activating group) is 5. The molecule has 101 heavy (non-hydrogen) atoms. The fraction of sp³-hybridized carbons (Fsp3) is 0.747. The van der Waals surface area contributed by atoms with E-state index < -0.39 is 203 Å². The van der Waals surface area contributed by atoms with E-state index in [0.717, 1.165) is 5.56 Å². The summed E-state index contributed by atoms with van der Waals surface area (Å²) in [7, 11) is 7.46. The first-order chi connectivity index (χ1) is 47.3. The Morgan fingerprint density at radius 1 is 0.426 bits per heavy atom. The van der Waals surface area contributed by atoms with Crippen LogP contribution in [0.4, 0.5) is 0 Å². The Balaban J connectivity index is 1.60. The SMILES string of the molecule is CCCC1NC(=O)[C@H](Cc2ccccc2)N(C)C(=O)[C@@H]2CCCN2C(=O)C(C(C)C)N(C)C(=O)[C@@H]2CCCN2C(=O)[C@H]([C@@H](C)CC)NC(=O)C(C(C)C)N(C)C(=O)[C@@H]2CCCN2C(=O)C(C(C)C)N(C)C(=O)C(C(C)C)N(C)C(=O)[C@H](C(C)C)NC(=O)[C@H](C)NC(=O)[C@@H](C(C)C)OC(=O)C1C. The summed E-state index contributed by atoms with van der Waals surface area (Å²) < 4.78 is 5.98. The highest BCUT2D eigenvalue weighted by atomic mass is 16.5. The molecule has 0 aromatic heterocycles. The van der Waals surface area contributed by atoms with Crippen LogP contribution in [0.3, 0.4) is 0 Å². The smallest absolute Gasteiger partial charge is 0.311 e. The van der Waals surface area contributed by atoms with Crippen molar-refractivity contribution in [3.63, 3.8) is 0 Å². The molecule has 4 fully saturated rings. The fourth-order valence-corrected chi connectivity index (χ4v) is 15.1. The maximum absolute atomic E-state index is 15.2. The molecule has 12 amide bonds. The second-order valence-corrected chi connectivity index (χ2v) is 30.9. The molecule has 4 aliphatic rings. The number of fused-ring (bicyclic) bond motifs is 3. The maximum atomic E-state index is 15.2. The second kappa shape index (κ2) is 37.0. The number of amides is 12. The number of carbonyl (C=O) groups is 13. The summed E-state index contributed by atoms with van der Waals surface area (Å²) in [4.78, 5) is 204. The normalized spacial score (nSPS) is 29.5. The Kier molecular flexibility index (Phi) is 30.7. The van der Waals surface area contributed by atoms with Gasteiger partial charge in [0.2, 0.25) is 65.0 Å². The summed E-state index contributed by atoms with van der Waals surface area (Å²) in [6.45, 7) is 30.1. The monoisotopic (exact) mass is 1410 g/mol. The average Bonchev–Trinajstić information content (AvgIpc) is 1.78. The molecule has 26 heteroatoms. The standard InChI is InChI=1S/C75H122N12O14/c1-23-31-51-48(16)75(100)101-62(46(13)14)66(91)76-49(17)63(88)78-56(41(3)4)70(95)83(21)59(43(7)8)72(97)84(22)61(45(11)12)74(99)87-39-30-36-54(87)68(93)81(19)58(42(5)6)65(90)79-57(47(15)24-2)71(96)85-37-28-35-53(85)69(94)82(20)60(44(9)10)73(98)86-38-29-34-52(86)67(92)80(18)55(64(89)77-51)40-50-32-26-25-27-33-50/h25-27,32-33,41-49,51-62H,23-24,28-31,34-40H2,1-22H3,(H,76,91)(H,77,89)(H,78,88)(H,79,90)/t47-,48?,49-,51?,52-,53-,54-,55-,56-,57-,58?,59?,60?,61?,62+/m0/s1. The van der Waals surface area contributed by atoms with Crippen molar-refractivity contribution in [3.8, 4) is 0 Å². The van der Waals surface area contributed by atoms with E-state index in [2.05, 4.69) is 21.3 Å². The van der Waals surface area contributed by atoms with Crippen molar-refractivity contribution in [1.29, 1.82) is 0 Å². The Bertz CT molecular complexity index is 3110. The Morgan fingerprint density at radius 3 is 1.28 bits per heavy atom. The molecule has 566 valence electrons. The van der Waals surface area contributed by atoms with Gasteiger partial charge in [0, 0.05) is 67.3 Å². The quantitative estimate of drug-likeness (QED) is 0.207. The van der Waals surface area contributed by atoms with Gasteiger partial charge >= 0.3 is 5.97 Å². The van der Waals surface area contributed by atoms with Gasteiger partial charge in [-0.3, -0.25) is 62.3 Å². The molecule has 26 nitrogen and oxygen atoms in total. The molecule has 4 heterocycles. The molecule has 1 aromatic rings. The van der Waals surface area contributed by atoms with Crippen LogP contribution < -0.4 is 21.3 Å². The molecule has 1 aromatic carbocycles. The van der Waals surface area contributed by atoms with Crippen molar-refractivity contribution in [2.75, 3.05) is 54.9 Å². The van der Waals surface area contributed by atoms with Crippen LogP contribution in [0, 0.1) is 47.3 Å². The topological polar surface area (TPSA) is 305 Å². The van der Waals surface area contributed by atoms with Gasteiger partial charge in [-0.2, -0.15) is 0 Å². The largest absolute Gasteiger partial charge is 0.452 e. The Hall–Kier alpha value is -7.67. The minimum Gasteiger partial charge on any atom is -0.452 e. The summed E-state index contributed by atoms with van der Waals surface area (Å²) in [5.74, 6) is -12.5. The van der Waals surface area contributed by atoms with Gasteiger partial charge in [0.25, 0.3) is 5.91 Å². The van der Waals surface area contributed by atoms with E-state index in [1.807, 2.05) is 51.1 Å². The molecule has 0 aliphatic carbocycles. The zero-order chi connectivity index (χ0) is 76.1. The highest BCUT2D eigenvalue weighted by Crippen LogP contribution is 2.31. The van der Waals surface area contributed by atoms with Crippen molar-refractivity contribution < 1.29 is 67.1 Å². The molecule has 4 aliphatic heterocycles. The number of hydrogen-bond acceptors (Lipinski definition) is 14. The minimum atomic E-state index is -1.43. The summed E-state index contributed by atoms with van der Waals surface area (Å²) in [6, 6.07) is -4.20. The van der Waals surface area contributed by atoms with E-state index in [9.17, 15) is 24.0 Å². The lowest BCUT2D eigenvalue weighted by atomic mass is 9.94. The van der Waals surface area contributed by atoms with Gasteiger partial charge in [0.05, 0.1) is 5.92 Å². The second-order valence-electron chi connectivity index (χ2n) is 30.9. The van der Waals surface area contributed by atoms with Crippen LogP contribution in [0.1, 0.15) is 181 Å². The molecule has 0 radical (unpaired) electrons. The summed E-state index contributed by atoms with van der Waals surface area (Å²) in [6.07, 6.45) is 1.96. The lowest BCUT2D eigenvalue weighted by Gasteiger charge is -2.41. The fourth-order valence-electron chi connectivity index (χ4n) is 15.1. The molecular formula is C75H122N12O14. The third-order valence-electron chi connectivity index (χ3n) is 21.2. The predicted octanol–water partition coefficient (Wildman–Crippen LogP) is 4.64. The third kappa shape index (κ3) is 19.7. The van der Waals surface area contributed by atoms with Crippen molar-refractivity contribution in [2.45, 2.75) is 261 Å². The number of carbonyl (C=O) groups excluding carboxylic acids is 13. The number of esters is 1. The van der Waals surface area contributed by atoms with Crippen molar-refractivity contribution in [2.24, 2.45) is 47.3 Å². The highest BCUT2D eigenvalue weighted by Gasteiger charge is 2.50. The van der Waals surface area contributed by atoms with Crippen LogP contribution >= 0.6 is 0 Å². The van der Waals surface area contributed by atoms with Crippen molar-refractivity contribution >= 4 is 76.9 Å². The van der Waals surface area contributed by atoms with Crippen LogP contribution in [-0.2, 0) is 73.5 Å². The third-order valence-corrected chi connectivity index (χ3v) is 21.2. The van der Waals surface area contributed by atoms with Crippen LogP contribution in [0.2, 0.25) is 0 Å². The molecular weight excluding hydrogens is 1290 g/mol.